The van der Waals surface area contributed by atoms with E-state index < -0.39 is 0 Å². The van der Waals surface area contributed by atoms with Gasteiger partial charge in [-0.05, 0) is 31.7 Å². The van der Waals surface area contributed by atoms with Gasteiger partial charge >= 0.3 is 0 Å². The van der Waals surface area contributed by atoms with E-state index in [4.69, 9.17) is 9.47 Å². The number of rotatable bonds is 9. The molecule has 1 atom stereocenters. The van der Waals surface area contributed by atoms with Crippen LogP contribution in [0.2, 0.25) is 0 Å². The Bertz CT molecular complexity index is 155. The largest absolute Gasteiger partial charge is 0.382 e. The summed E-state index contributed by atoms with van der Waals surface area (Å²) in [5.74, 6) is 0. The van der Waals surface area contributed by atoms with E-state index in [0.717, 1.165) is 13.0 Å². The smallest absolute Gasteiger partial charge is 0.0700 e. The molecule has 1 unspecified atom stereocenters. The van der Waals surface area contributed by atoms with Gasteiger partial charge in [0.15, 0.2) is 0 Å². The first-order valence-corrected chi connectivity index (χ1v) is 6.23. The molecule has 0 aliphatic heterocycles. The molecule has 0 aromatic heterocycles. The summed E-state index contributed by atoms with van der Waals surface area (Å²) in [4.78, 5) is 0. The zero-order chi connectivity index (χ0) is 12.4. The van der Waals surface area contributed by atoms with Crippen LogP contribution in [0.1, 0.15) is 40.0 Å². The average molecular weight is 231 g/mol. The Labute approximate surface area is 101 Å². The number of hydrogen-bond acceptors (Lipinski definition) is 3. The molecule has 0 amide bonds. The summed E-state index contributed by atoms with van der Waals surface area (Å²) in [6.45, 7) is 9.07. The fourth-order valence-corrected chi connectivity index (χ4v) is 1.51. The molecule has 0 rings (SSSR count). The summed E-state index contributed by atoms with van der Waals surface area (Å²) in [5, 5.41) is 3.35. The van der Waals surface area contributed by atoms with Gasteiger partial charge in [-0.25, -0.2) is 0 Å². The van der Waals surface area contributed by atoms with Crippen molar-refractivity contribution in [1.82, 2.24) is 5.32 Å². The monoisotopic (exact) mass is 231 g/mol. The maximum absolute atomic E-state index is 5.47. The molecule has 0 heterocycles. The third-order valence-corrected chi connectivity index (χ3v) is 2.69. The highest BCUT2D eigenvalue weighted by atomic mass is 16.5. The molecular weight excluding hydrogens is 202 g/mol. The van der Waals surface area contributed by atoms with Gasteiger partial charge in [-0.15, -0.1) is 0 Å². The molecule has 98 valence electrons. The highest BCUT2D eigenvalue weighted by Crippen LogP contribution is 2.22. The molecule has 0 aromatic carbocycles. The van der Waals surface area contributed by atoms with Crippen LogP contribution in [0.25, 0.3) is 0 Å². The van der Waals surface area contributed by atoms with Crippen LogP contribution in [0.4, 0.5) is 0 Å². The number of hydrogen-bond donors (Lipinski definition) is 1. The van der Waals surface area contributed by atoms with Gasteiger partial charge < -0.3 is 14.8 Å². The molecule has 16 heavy (non-hydrogen) atoms. The average Bonchev–Trinajstić information content (AvgIpc) is 2.21. The molecule has 1 N–H and O–H groups in total. The van der Waals surface area contributed by atoms with Crippen LogP contribution in [0.5, 0.6) is 0 Å². The Balaban J connectivity index is 3.52. The van der Waals surface area contributed by atoms with Crippen LogP contribution < -0.4 is 5.32 Å². The molecule has 0 aliphatic carbocycles. The second kappa shape index (κ2) is 8.97. The Hall–Kier alpha value is -0.120. The lowest BCUT2D eigenvalue weighted by Crippen LogP contribution is -2.28. The maximum atomic E-state index is 5.47. The topological polar surface area (TPSA) is 30.5 Å². The van der Waals surface area contributed by atoms with Crippen LogP contribution in [-0.4, -0.2) is 40.0 Å². The number of nitrogens with one attached hydrogen (secondary N) is 1. The Morgan fingerprint density at radius 2 is 1.75 bits per heavy atom. The lowest BCUT2D eigenvalue weighted by atomic mass is 9.88. The van der Waals surface area contributed by atoms with E-state index in [9.17, 15) is 0 Å². The molecule has 0 bridgehead atoms. The molecule has 0 saturated heterocycles. The maximum Gasteiger partial charge on any atom is 0.0700 e. The molecule has 0 saturated carbocycles. The van der Waals surface area contributed by atoms with E-state index >= 15 is 0 Å². The second-order valence-electron chi connectivity index (χ2n) is 5.48. The van der Waals surface area contributed by atoms with Gasteiger partial charge in [0, 0.05) is 19.8 Å². The van der Waals surface area contributed by atoms with Gasteiger partial charge in [-0.3, -0.25) is 0 Å². The number of methoxy groups -OCH3 is 1. The molecule has 3 heteroatoms. The lowest BCUT2D eigenvalue weighted by molar-refractivity contribution is 0.0652. The molecule has 3 nitrogen and oxygen atoms in total. The summed E-state index contributed by atoms with van der Waals surface area (Å²) in [5.41, 5.74) is 0.423. The fraction of sp³-hybridized carbons (Fsp3) is 1.00. The van der Waals surface area contributed by atoms with Crippen LogP contribution in [0.3, 0.4) is 0 Å². The Kier molecular flexibility index (Phi) is 8.90. The molecule has 0 radical (unpaired) electrons. The van der Waals surface area contributed by atoms with E-state index in [-0.39, 0.29) is 0 Å². The van der Waals surface area contributed by atoms with Crippen molar-refractivity contribution in [2.45, 2.75) is 46.1 Å². The summed E-state index contributed by atoms with van der Waals surface area (Å²) in [6, 6.07) is 0.571. The minimum atomic E-state index is 0.423. The summed E-state index contributed by atoms with van der Waals surface area (Å²) < 4.78 is 10.4. The summed E-state index contributed by atoms with van der Waals surface area (Å²) in [6.07, 6.45) is 3.54. The van der Waals surface area contributed by atoms with Crippen LogP contribution in [0.15, 0.2) is 0 Å². The van der Waals surface area contributed by atoms with E-state index in [2.05, 4.69) is 26.1 Å². The van der Waals surface area contributed by atoms with Crippen molar-refractivity contribution < 1.29 is 9.47 Å². The fourth-order valence-electron chi connectivity index (χ4n) is 1.51. The van der Waals surface area contributed by atoms with Gasteiger partial charge in [-0.2, -0.15) is 0 Å². The first-order chi connectivity index (χ1) is 7.49. The molecule has 0 aromatic rings. The van der Waals surface area contributed by atoms with Crippen molar-refractivity contribution in [3.8, 4) is 0 Å². The van der Waals surface area contributed by atoms with E-state index in [0.29, 0.717) is 24.7 Å². The van der Waals surface area contributed by atoms with Crippen molar-refractivity contribution in [2.24, 2.45) is 5.41 Å². The van der Waals surface area contributed by atoms with E-state index in [1.807, 2.05) is 7.05 Å². The molecular formula is C13H29NO2. The SMILES string of the molecule is CNC(CCOCCOC)CCC(C)(C)C. The predicted octanol–water partition coefficient (Wildman–Crippen LogP) is 2.45. The number of ether oxygens (including phenoxy) is 2. The second-order valence-corrected chi connectivity index (χ2v) is 5.48. The van der Waals surface area contributed by atoms with E-state index in [1.54, 1.807) is 7.11 Å². The van der Waals surface area contributed by atoms with Crippen LogP contribution in [0, 0.1) is 5.41 Å². The zero-order valence-corrected chi connectivity index (χ0v) is 11.6. The van der Waals surface area contributed by atoms with Crippen molar-refractivity contribution in [1.29, 1.82) is 0 Å². The lowest BCUT2D eigenvalue weighted by Gasteiger charge is -2.22. The normalized spacial score (nSPS) is 14.1. The van der Waals surface area contributed by atoms with Crippen molar-refractivity contribution in [3.05, 3.63) is 0 Å². The molecule has 0 aliphatic rings. The first-order valence-electron chi connectivity index (χ1n) is 6.23. The van der Waals surface area contributed by atoms with Gasteiger partial charge in [0.05, 0.1) is 13.2 Å². The third kappa shape index (κ3) is 10.4. The van der Waals surface area contributed by atoms with Gasteiger partial charge in [0.1, 0.15) is 0 Å². The first kappa shape index (κ1) is 15.9. The quantitative estimate of drug-likeness (QED) is 0.618. The van der Waals surface area contributed by atoms with Gasteiger partial charge in [0.25, 0.3) is 0 Å². The Morgan fingerprint density at radius 1 is 1.06 bits per heavy atom. The summed E-state index contributed by atoms with van der Waals surface area (Å²) >= 11 is 0. The highest BCUT2D eigenvalue weighted by molar-refractivity contribution is 4.69. The summed E-state index contributed by atoms with van der Waals surface area (Å²) in [7, 11) is 3.73. The zero-order valence-electron chi connectivity index (χ0n) is 11.6. The van der Waals surface area contributed by atoms with E-state index in [1.165, 1.54) is 12.8 Å². The predicted molar refractivity (Wildman–Crippen MR) is 68.8 cm³/mol. The van der Waals surface area contributed by atoms with Gasteiger partial charge in [0.2, 0.25) is 0 Å². The minimum absolute atomic E-state index is 0.423. The Morgan fingerprint density at radius 3 is 2.25 bits per heavy atom. The van der Waals surface area contributed by atoms with Gasteiger partial charge in [-0.1, -0.05) is 20.8 Å². The van der Waals surface area contributed by atoms with Crippen molar-refractivity contribution >= 4 is 0 Å². The van der Waals surface area contributed by atoms with Crippen molar-refractivity contribution in [2.75, 3.05) is 34.0 Å². The van der Waals surface area contributed by atoms with Crippen LogP contribution in [-0.2, 0) is 9.47 Å². The molecule has 0 spiro atoms. The highest BCUT2D eigenvalue weighted by Gasteiger charge is 2.13. The standard InChI is InChI=1S/C13H29NO2/c1-13(2,3)8-6-12(14-4)7-9-16-11-10-15-5/h12,14H,6-11H2,1-5H3. The molecule has 0 fully saturated rings. The van der Waals surface area contributed by atoms with Crippen LogP contribution >= 0.6 is 0 Å². The minimum Gasteiger partial charge on any atom is -0.382 e. The third-order valence-electron chi connectivity index (χ3n) is 2.69. The van der Waals surface area contributed by atoms with Crippen molar-refractivity contribution in [3.63, 3.8) is 0 Å².